The van der Waals surface area contributed by atoms with Crippen molar-refractivity contribution in [3.8, 4) is 11.4 Å². The summed E-state index contributed by atoms with van der Waals surface area (Å²) in [6.07, 6.45) is 6.94. The topological polar surface area (TPSA) is 30.7 Å². The number of benzene rings is 1. The summed E-state index contributed by atoms with van der Waals surface area (Å²) in [7, 11) is 0. The highest BCUT2D eigenvalue weighted by atomic mass is 32.1. The third kappa shape index (κ3) is 2.81. The van der Waals surface area contributed by atoms with Gasteiger partial charge in [-0.2, -0.15) is 0 Å². The van der Waals surface area contributed by atoms with Gasteiger partial charge in [-0.3, -0.25) is 0 Å². The van der Waals surface area contributed by atoms with E-state index < -0.39 is 0 Å². The summed E-state index contributed by atoms with van der Waals surface area (Å²) < 4.78 is 2.28. The lowest BCUT2D eigenvalue weighted by Crippen LogP contribution is -2.23. The number of hydrogen-bond acceptors (Lipinski definition) is 3. The van der Waals surface area contributed by atoms with E-state index in [0.29, 0.717) is 6.04 Å². The zero-order valence-electron chi connectivity index (χ0n) is 16.1. The molecule has 0 bridgehead atoms. The molecular formula is C22H27N3S. The van der Waals surface area contributed by atoms with E-state index in [0.717, 1.165) is 17.2 Å². The number of aromatic nitrogens is 3. The van der Waals surface area contributed by atoms with Gasteiger partial charge in [-0.15, -0.1) is 11.3 Å². The van der Waals surface area contributed by atoms with Gasteiger partial charge in [0.2, 0.25) is 0 Å². The number of thiazole rings is 1. The smallest absolute Gasteiger partial charge is 0.106 e. The van der Waals surface area contributed by atoms with Crippen molar-refractivity contribution < 1.29 is 0 Å². The molecule has 0 amide bonds. The van der Waals surface area contributed by atoms with Crippen molar-refractivity contribution >= 4 is 11.3 Å². The molecule has 136 valence electrons. The number of imidazole rings is 1. The standard InChI is InChI=1S/C22H27N3S/c1-15(2)25-17(4)23-13-20(25)19-14-26-21(24-19)22(11-5-6-12-22)18-9-7-16(3)8-10-18/h7-10,13-15H,5-6,11-12H2,1-4H3. The molecule has 0 unspecified atom stereocenters. The van der Waals surface area contributed by atoms with Crippen molar-refractivity contribution in [1.29, 1.82) is 0 Å². The lowest BCUT2D eigenvalue weighted by atomic mass is 9.79. The van der Waals surface area contributed by atoms with Gasteiger partial charge >= 0.3 is 0 Å². The lowest BCUT2D eigenvalue weighted by Gasteiger charge is -2.27. The molecule has 1 saturated carbocycles. The van der Waals surface area contributed by atoms with Gasteiger partial charge in [-0.1, -0.05) is 42.7 Å². The van der Waals surface area contributed by atoms with Crippen LogP contribution >= 0.6 is 11.3 Å². The fourth-order valence-corrected chi connectivity index (χ4v) is 5.48. The van der Waals surface area contributed by atoms with Crippen LogP contribution in [0.5, 0.6) is 0 Å². The minimum absolute atomic E-state index is 0.0916. The number of aryl methyl sites for hydroxylation is 2. The molecule has 1 aliphatic rings. The molecule has 2 aromatic heterocycles. The first-order valence-electron chi connectivity index (χ1n) is 9.58. The first kappa shape index (κ1) is 17.5. The van der Waals surface area contributed by atoms with E-state index in [9.17, 15) is 0 Å². The third-order valence-electron chi connectivity index (χ3n) is 5.74. The van der Waals surface area contributed by atoms with E-state index in [1.165, 1.54) is 41.8 Å². The van der Waals surface area contributed by atoms with Crippen LogP contribution in [0.4, 0.5) is 0 Å². The Morgan fingerprint density at radius 1 is 1.08 bits per heavy atom. The van der Waals surface area contributed by atoms with Crippen molar-refractivity contribution in [3.63, 3.8) is 0 Å². The molecule has 4 rings (SSSR count). The van der Waals surface area contributed by atoms with Crippen LogP contribution in [0.25, 0.3) is 11.4 Å². The van der Waals surface area contributed by atoms with Crippen molar-refractivity contribution in [3.05, 3.63) is 57.8 Å². The maximum absolute atomic E-state index is 5.15. The predicted octanol–water partition coefficient (Wildman–Crippen LogP) is 6.06. The van der Waals surface area contributed by atoms with Crippen molar-refractivity contribution in [2.75, 3.05) is 0 Å². The van der Waals surface area contributed by atoms with Crippen molar-refractivity contribution in [2.45, 2.75) is 64.8 Å². The van der Waals surface area contributed by atoms with Crippen LogP contribution in [0, 0.1) is 13.8 Å². The average molecular weight is 366 g/mol. The van der Waals surface area contributed by atoms with E-state index in [4.69, 9.17) is 4.98 Å². The molecule has 1 fully saturated rings. The SMILES string of the molecule is Cc1ccc(C2(c3nc(-c4cnc(C)n4C(C)C)cs3)CCCC2)cc1. The third-order valence-corrected chi connectivity index (χ3v) is 6.78. The Morgan fingerprint density at radius 3 is 2.42 bits per heavy atom. The predicted molar refractivity (Wildman–Crippen MR) is 109 cm³/mol. The molecule has 1 aliphatic carbocycles. The molecule has 3 nitrogen and oxygen atoms in total. The zero-order valence-corrected chi connectivity index (χ0v) is 16.9. The monoisotopic (exact) mass is 365 g/mol. The fourth-order valence-electron chi connectivity index (χ4n) is 4.38. The Hall–Kier alpha value is -1.94. The van der Waals surface area contributed by atoms with Crippen LogP contribution in [0.2, 0.25) is 0 Å². The molecule has 4 heteroatoms. The number of rotatable bonds is 4. The van der Waals surface area contributed by atoms with Crippen LogP contribution in [-0.4, -0.2) is 14.5 Å². The van der Waals surface area contributed by atoms with Gasteiger partial charge in [0.15, 0.2) is 0 Å². The molecule has 0 saturated heterocycles. The van der Waals surface area contributed by atoms with Gasteiger partial charge < -0.3 is 4.57 Å². The van der Waals surface area contributed by atoms with Crippen LogP contribution in [-0.2, 0) is 5.41 Å². The maximum Gasteiger partial charge on any atom is 0.106 e. The first-order chi connectivity index (χ1) is 12.5. The molecule has 0 aliphatic heterocycles. The molecule has 0 N–H and O–H groups in total. The molecule has 0 spiro atoms. The number of nitrogens with zero attached hydrogens (tertiary/aromatic N) is 3. The van der Waals surface area contributed by atoms with E-state index in [-0.39, 0.29) is 5.41 Å². The zero-order chi connectivity index (χ0) is 18.3. The molecule has 1 aromatic carbocycles. The quantitative estimate of drug-likeness (QED) is 0.562. The van der Waals surface area contributed by atoms with E-state index in [1.807, 2.05) is 17.5 Å². The van der Waals surface area contributed by atoms with Gasteiger partial charge in [-0.05, 0) is 46.1 Å². The lowest BCUT2D eigenvalue weighted by molar-refractivity contribution is 0.531. The maximum atomic E-state index is 5.15. The Morgan fingerprint density at radius 2 is 1.77 bits per heavy atom. The van der Waals surface area contributed by atoms with Gasteiger partial charge in [0.25, 0.3) is 0 Å². The van der Waals surface area contributed by atoms with Crippen LogP contribution in [0.15, 0.2) is 35.8 Å². The highest BCUT2D eigenvalue weighted by Gasteiger charge is 2.40. The Balaban J connectivity index is 1.78. The molecule has 3 aromatic rings. The van der Waals surface area contributed by atoms with E-state index in [2.05, 4.69) is 66.9 Å². The number of hydrogen-bond donors (Lipinski definition) is 0. The Bertz CT molecular complexity index is 896. The minimum atomic E-state index is 0.0916. The van der Waals surface area contributed by atoms with Gasteiger partial charge in [0.1, 0.15) is 10.8 Å². The molecule has 2 heterocycles. The second-order valence-electron chi connectivity index (χ2n) is 7.85. The normalized spacial score (nSPS) is 16.5. The molecule has 0 radical (unpaired) electrons. The summed E-state index contributed by atoms with van der Waals surface area (Å²) in [5.74, 6) is 1.05. The van der Waals surface area contributed by atoms with E-state index in [1.54, 1.807) is 0 Å². The largest absolute Gasteiger partial charge is 0.324 e. The molecular weight excluding hydrogens is 338 g/mol. The van der Waals surface area contributed by atoms with Crippen LogP contribution < -0.4 is 0 Å². The van der Waals surface area contributed by atoms with Gasteiger partial charge in [-0.25, -0.2) is 9.97 Å². The van der Waals surface area contributed by atoms with Crippen molar-refractivity contribution in [1.82, 2.24) is 14.5 Å². The highest BCUT2D eigenvalue weighted by Crippen LogP contribution is 2.48. The Labute approximate surface area is 160 Å². The first-order valence-corrected chi connectivity index (χ1v) is 10.5. The molecule has 0 atom stereocenters. The molecule has 26 heavy (non-hydrogen) atoms. The fraction of sp³-hybridized carbons (Fsp3) is 0.455. The summed E-state index contributed by atoms with van der Waals surface area (Å²) in [4.78, 5) is 9.68. The van der Waals surface area contributed by atoms with Crippen LogP contribution in [0.3, 0.4) is 0 Å². The summed E-state index contributed by atoms with van der Waals surface area (Å²) in [6.45, 7) is 8.63. The highest BCUT2D eigenvalue weighted by molar-refractivity contribution is 7.10. The summed E-state index contributed by atoms with van der Waals surface area (Å²) in [5, 5.41) is 3.49. The Kier molecular flexibility index (Phi) is 4.47. The van der Waals surface area contributed by atoms with Crippen molar-refractivity contribution in [2.24, 2.45) is 0 Å². The summed E-state index contributed by atoms with van der Waals surface area (Å²) in [5.41, 5.74) is 5.04. The second kappa shape index (κ2) is 6.66. The second-order valence-corrected chi connectivity index (χ2v) is 8.71. The van der Waals surface area contributed by atoms with E-state index >= 15 is 0 Å². The summed E-state index contributed by atoms with van der Waals surface area (Å²) in [6, 6.07) is 9.48. The van der Waals surface area contributed by atoms with Crippen LogP contribution in [0.1, 0.15) is 67.5 Å². The minimum Gasteiger partial charge on any atom is -0.324 e. The average Bonchev–Trinajstić information content (AvgIpc) is 3.34. The summed E-state index contributed by atoms with van der Waals surface area (Å²) >= 11 is 1.82. The van der Waals surface area contributed by atoms with Gasteiger partial charge in [0, 0.05) is 16.8 Å². The van der Waals surface area contributed by atoms with Gasteiger partial charge in [0.05, 0.1) is 17.6 Å².